The fourth-order valence-electron chi connectivity index (χ4n) is 1.94. The van der Waals surface area contributed by atoms with Crippen molar-refractivity contribution in [2.75, 3.05) is 7.11 Å². The average Bonchev–Trinajstić information content (AvgIpc) is 2.45. The van der Waals surface area contributed by atoms with Crippen LogP contribution >= 0.6 is 11.6 Å². The molecule has 0 aliphatic heterocycles. The van der Waals surface area contributed by atoms with Crippen molar-refractivity contribution in [3.63, 3.8) is 0 Å². The lowest BCUT2D eigenvalue weighted by Gasteiger charge is -2.12. The van der Waals surface area contributed by atoms with Crippen molar-refractivity contribution in [3.05, 3.63) is 47.1 Å². The minimum atomic E-state index is 0.448. The van der Waals surface area contributed by atoms with Crippen LogP contribution in [0.5, 0.6) is 5.75 Å². The molecule has 0 aliphatic rings. The summed E-state index contributed by atoms with van der Waals surface area (Å²) in [6, 6.07) is 10.2. The predicted octanol–water partition coefficient (Wildman–Crippen LogP) is 3.91. The van der Waals surface area contributed by atoms with Crippen LogP contribution < -0.4 is 10.1 Å². The first-order chi connectivity index (χ1) is 9.61. The molecule has 0 saturated heterocycles. The summed E-state index contributed by atoms with van der Waals surface area (Å²) in [5.41, 5.74) is 2.81. The third kappa shape index (κ3) is 3.50. The Morgan fingerprint density at radius 1 is 1.30 bits per heavy atom. The lowest BCUT2D eigenvalue weighted by molar-refractivity contribution is 0.415. The number of nitrogens with zero attached hydrogens (tertiary/aromatic N) is 1. The number of nitrogens with one attached hydrogen (secondary N) is 1. The van der Waals surface area contributed by atoms with E-state index in [-0.39, 0.29) is 0 Å². The number of pyridine rings is 1. The van der Waals surface area contributed by atoms with Crippen LogP contribution in [0.2, 0.25) is 5.02 Å². The standard InChI is InChI=1S/C16H19ClN2O/c1-11(2)19-10-12-6-7-13(14(17)9-12)16-15(20-3)5-4-8-18-16/h4-9,11,19H,10H2,1-3H3. The highest BCUT2D eigenvalue weighted by atomic mass is 35.5. The predicted molar refractivity (Wildman–Crippen MR) is 83.2 cm³/mol. The van der Waals surface area contributed by atoms with Gasteiger partial charge in [-0.25, -0.2) is 0 Å². The van der Waals surface area contributed by atoms with Gasteiger partial charge in [-0.05, 0) is 23.8 Å². The molecule has 4 heteroatoms. The van der Waals surface area contributed by atoms with Crippen LogP contribution in [0.15, 0.2) is 36.5 Å². The highest BCUT2D eigenvalue weighted by Crippen LogP contribution is 2.33. The van der Waals surface area contributed by atoms with Gasteiger partial charge >= 0.3 is 0 Å². The lowest BCUT2D eigenvalue weighted by Crippen LogP contribution is -2.21. The zero-order chi connectivity index (χ0) is 14.5. The second-order valence-corrected chi connectivity index (χ2v) is 5.31. The van der Waals surface area contributed by atoms with Crippen molar-refractivity contribution in [2.24, 2.45) is 0 Å². The normalized spacial score (nSPS) is 10.8. The van der Waals surface area contributed by atoms with Crippen LogP contribution in [-0.2, 0) is 6.54 Å². The van der Waals surface area contributed by atoms with Gasteiger partial charge in [-0.1, -0.05) is 37.6 Å². The van der Waals surface area contributed by atoms with Crippen molar-refractivity contribution in [2.45, 2.75) is 26.4 Å². The summed E-state index contributed by atoms with van der Waals surface area (Å²) < 4.78 is 5.33. The van der Waals surface area contributed by atoms with Crippen LogP contribution in [0.25, 0.3) is 11.3 Å². The Morgan fingerprint density at radius 3 is 2.75 bits per heavy atom. The first-order valence-electron chi connectivity index (χ1n) is 6.63. The maximum atomic E-state index is 6.38. The Bertz CT molecular complexity index is 584. The molecule has 0 saturated carbocycles. The number of methoxy groups -OCH3 is 1. The van der Waals surface area contributed by atoms with E-state index in [9.17, 15) is 0 Å². The maximum absolute atomic E-state index is 6.38. The number of halogens is 1. The molecule has 0 radical (unpaired) electrons. The van der Waals surface area contributed by atoms with Gasteiger partial charge in [0.25, 0.3) is 0 Å². The summed E-state index contributed by atoms with van der Waals surface area (Å²) in [6.45, 7) is 5.04. The highest BCUT2D eigenvalue weighted by Gasteiger charge is 2.11. The second kappa shape index (κ2) is 6.73. The molecule has 2 aromatic rings. The fraction of sp³-hybridized carbons (Fsp3) is 0.312. The van der Waals surface area contributed by atoms with Crippen molar-refractivity contribution in [1.82, 2.24) is 10.3 Å². The molecule has 3 nitrogen and oxygen atoms in total. The van der Waals surface area contributed by atoms with Gasteiger partial charge in [-0.15, -0.1) is 0 Å². The number of hydrogen-bond acceptors (Lipinski definition) is 3. The van der Waals surface area contributed by atoms with E-state index in [1.54, 1.807) is 13.3 Å². The van der Waals surface area contributed by atoms with Gasteiger partial charge in [-0.2, -0.15) is 0 Å². The molecule has 20 heavy (non-hydrogen) atoms. The molecule has 0 fully saturated rings. The van der Waals surface area contributed by atoms with E-state index in [1.807, 2.05) is 24.3 Å². The molecule has 106 valence electrons. The number of hydrogen-bond donors (Lipinski definition) is 1. The first kappa shape index (κ1) is 14.8. The molecule has 0 spiro atoms. The highest BCUT2D eigenvalue weighted by molar-refractivity contribution is 6.33. The Kier molecular flexibility index (Phi) is 4.99. The third-order valence-electron chi connectivity index (χ3n) is 2.99. The van der Waals surface area contributed by atoms with E-state index in [2.05, 4.69) is 30.2 Å². The molecule has 0 unspecified atom stereocenters. The molecule has 2 rings (SSSR count). The van der Waals surface area contributed by atoms with Gasteiger partial charge in [0.15, 0.2) is 0 Å². The van der Waals surface area contributed by atoms with E-state index in [4.69, 9.17) is 16.3 Å². The Balaban J connectivity index is 2.30. The van der Waals surface area contributed by atoms with Gasteiger partial charge in [0.05, 0.1) is 12.1 Å². The second-order valence-electron chi connectivity index (χ2n) is 4.90. The smallest absolute Gasteiger partial charge is 0.145 e. The molecule has 0 bridgehead atoms. The van der Waals surface area contributed by atoms with Crippen molar-refractivity contribution >= 4 is 11.6 Å². The van der Waals surface area contributed by atoms with Gasteiger partial charge in [-0.3, -0.25) is 4.98 Å². The van der Waals surface area contributed by atoms with Crippen LogP contribution in [-0.4, -0.2) is 18.1 Å². The van der Waals surface area contributed by atoms with Gasteiger partial charge < -0.3 is 10.1 Å². The van der Waals surface area contributed by atoms with Crippen LogP contribution in [0.1, 0.15) is 19.4 Å². The molecule has 1 aromatic heterocycles. The van der Waals surface area contributed by atoms with E-state index in [0.717, 1.165) is 29.1 Å². The van der Waals surface area contributed by atoms with Crippen LogP contribution in [0.3, 0.4) is 0 Å². The summed E-state index contributed by atoms with van der Waals surface area (Å²) in [5.74, 6) is 0.724. The monoisotopic (exact) mass is 290 g/mol. The fourth-order valence-corrected chi connectivity index (χ4v) is 2.23. The van der Waals surface area contributed by atoms with Crippen LogP contribution in [0.4, 0.5) is 0 Å². The third-order valence-corrected chi connectivity index (χ3v) is 3.31. The average molecular weight is 291 g/mol. The maximum Gasteiger partial charge on any atom is 0.145 e. The number of aromatic nitrogens is 1. The molecule has 0 aliphatic carbocycles. The van der Waals surface area contributed by atoms with Gasteiger partial charge in [0.2, 0.25) is 0 Å². The van der Waals surface area contributed by atoms with Crippen molar-refractivity contribution < 1.29 is 4.74 Å². The Labute approximate surface area is 124 Å². The zero-order valence-electron chi connectivity index (χ0n) is 12.0. The number of benzene rings is 1. The summed E-state index contributed by atoms with van der Waals surface area (Å²) in [5, 5.41) is 4.06. The van der Waals surface area contributed by atoms with Crippen LogP contribution in [0, 0.1) is 0 Å². The Hall–Kier alpha value is -1.58. The Morgan fingerprint density at radius 2 is 2.10 bits per heavy atom. The molecule has 1 N–H and O–H groups in total. The minimum Gasteiger partial charge on any atom is -0.494 e. The number of rotatable bonds is 5. The zero-order valence-corrected chi connectivity index (χ0v) is 12.7. The molecule has 1 heterocycles. The lowest BCUT2D eigenvalue weighted by atomic mass is 10.1. The van der Waals surface area contributed by atoms with E-state index >= 15 is 0 Å². The molecule has 1 aromatic carbocycles. The summed E-state index contributed by atoms with van der Waals surface area (Å²) in [6.07, 6.45) is 1.74. The van der Waals surface area contributed by atoms with Gasteiger partial charge in [0.1, 0.15) is 11.4 Å². The largest absolute Gasteiger partial charge is 0.494 e. The van der Waals surface area contributed by atoms with E-state index < -0.39 is 0 Å². The summed E-state index contributed by atoms with van der Waals surface area (Å²) >= 11 is 6.38. The molecule has 0 atom stereocenters. The molecular weight excluding hydrogens is 272 g/mol. The van der Waals surface area contributed by atoms with E-state index in [1.165, 1.54) is 0 Å². The first-order valence-corrected chi connectivity index (χ1v) is 7.00. The SMILES string of the molecule is COc1cccnc1-c1ccc(CNC(C)C)cc1Cl. The number of ether oxygens (including phenoxy) is 1. The minimum absolute atomic E-state index is 0.448. The summed E-state index contributed by atoms with van der Waals surface area (Å²) in [4.78, 5) is 4.36. The van der Waals surface area contributed by atoms with Crippen molar-refractivity contribution in [3.8, 4) is 17.0 Å². The topological polar surface area (TPSA) is 34.1 Å². The van der Waals surface area contributed by atoms with E-state index in [0.29, 0.717) is 11.1 Å². The molecular formula is C16H19ClN2O. The van der Waals surface area contributed by atoms with Crippen molar-refractivity contribution in [1.29, 1.82) is 0 Å². The molecule has 0 amide bonds. The summed E-state index contributed by atoms with van der Waals surface area (Å²) in [7, 11) is 1.63. The quantitative estimate of drug-likeness (QED) is 0.906. The van der Waals surface area contributed by atoms with Gasteiger partial charge in [0, 0.05) is 24.3 Å².